The Balaban J connectivity index is 1.64. The lowest BCUT2D eigenvalue weighted by Gasteiger charge is -2.35. The van der Waals surface area contributed by atoms with Gasteiger partial charge in [0, 0.05) is 23.1 Å². The van der Waals surface area contributed by atoms with Crippen molar-refractivity contribution in [3.8, 4) is 11.5 Å². The molecule has 0 unspecified atom stereocenters. The second-order valence-electron chi connectivity index (χ2n) is 8.83. The van der Waals surface area contributed by atoms with Gasteiger partial charge in [-0.3, -0.25) is 4.79 Å². The topological polar surface area (TPSA) is 84.9 Å². The van der Waals surface area contributed by atoms with Crippen LogP contribution in [0.3, 0.4) is 0 Å². The molecule has 6 nitrogen and oxygen atoms in total. The van der Waals surface area contributed by atoms with Gasteiger partial charge in [-0.2, -0.15) is 0 Å². The summed E-state index contributed by atoms with van der Waals surface area (Å²) in [4.78, 5) is 24.7. The highest BCUT2D eigenvalue weighted by Crippen LogP contribution is 2.43. The van der Waals surface area contributed by atoms with E-state index in [0.29, 0.717) is 22.9 Å². The summed E-state index contributed by atoms with van der Waals surface area (Å²) in [6.45, 7) is 3.75. The Bertz CT molecular complexity index is 1200. The highest BCUT2D eigenvalue weighted by atomic mass is 35.5. The van der Waals surface area contributed by atoms with Crippen molar-refractivity contribution in [3.63, 3.8) is 0 Å². The van der Waals surface area contributed by atoms with Gasteiger partial charge in [0.15, 0.2) is 0 Å². The Morgan fingerprint density at radius 3 is 2.35 bits per heavy atom. The van der Waals surface area contributed by atoms with E-state index in [-0.39, 0.29) is 23.6 Å². The molecule has 1 aliphatic heterocycles. The minimum atomic E-state index is -0.985. The van der Waals surface area contributed by atoms with Crippen molar-refractivity contribution in [1.29, 1.82) is 0 Å². The molecule has 34 heavy (non-hydrogen) atoms. The summed E-state index contributed by atoms with van der Waals surface area (Å²) < 4.78 is 11.6. The molecule has 0 aromatic heterocycles. The lowest BCUT2D eigenvalue weighted by atomic mass is 9.82. The number of hydrogen-bond donors (Lipinski definition) is 2. The van der Waals surface area contributed by atoms with Crippen LogP contribution in [-0.2, 0) is 10.2 Å². The van der Waals surface area contributed by atoms with Crippen molar-refractivity contribution in [2.24, 2.45) is 0 Å². The Morgan fingerprint density at radius 1 is 1.06 bits per heavy atom. The van der Waals surface area contributed by atoms with E-state index in [9.17, 15) is 14.7 Å². The smallest absolute Gasteiger partial charge is 0.335 e. The van der Waals surface area contributed by atoms with Gasteiger partial charge in [-0.05, 0) is 61.4 Å². The lowest BCUT2D eigenvalue weighted by Crippen LogP contribution is -2.43. The number of hydrogen-bond acceptors (Lipinski definition) is 4. The lowest BCUT2D eigenvalue weighted by molar-refractivity contribution is -0.126. The zero-order valence-electron chi connectivity index (χ0n) is 19.2. The number of carbonyl (C=O) groups excluding carboxylic acids is 1. The Hall–Kier alpha value is -3.51. The molecular formula is C27H26ClNO5. The van der Waals surface area contributed by atoms with E-state index in [2.05, 4.69) is 5.32 Å². The summed E-state index contributed by atoms with van der Waals surface area (Å²) in [6.07, 6.45) is 0.125. The average Bonchev–Trinajstić information content (AvgIpc) is 2.83. The number of carboxylic acids is 1. The van der Waals surface area contributed by atoms with Gasteiger partial charge in [0.05, 0.1) is 24.1 Å². The molecule has 4 rings (SSSR count). The molecular weight excluding hydrogens is 454 g/mol. The maximum atomic E-state index is 13.4. The number of methoxy groups -OCH3 is 1. The molecule has 1 aliphatic rings. The third kappa shape index (κ3) is 4.73. The van der Waals surface area contributed by atoms with Crippen molar-refractivity contribution in [3.05, 3.63) is 94.0 Å². The first-order valence-electron chi connectivity index (χ1n) is 10.9. The van der Waals surface area contributed by atoms with Crippen LogP contribution in [0.25, 0.3) is 0 Å². The van der Waals surface area contributed by atoms with Crippen molar-refractivity contribution in [2.75, 3.05) is 7.11 Å². The minimum Gasteiger partial charge on any atom is -0.497 e. The normalized spacial score (nSPS) is 17.3. The van der Waals surface area contributed by atoms with Crippen molar-refractivity contribution in [2.45, 2.75) is 37.8 Å². The van der Waals surface area contributed by atoms with Gasteiger partial charge in [0.25, 0.3) is 0 Å². The monoisotopic (exact) mass is 479 g/mol. The van der Waals surface area contributed by atoms with Gasteiger partial charge in [-0.25, -0.2) is 4.79 Å². The SMILES string of the molecule is COc1ccc2c(c1)O[C@@H](c1ccc(C(=O)O)cc1)C[C@H]2NC(=O)C(C)(C)c1ccc(Cl)cc1. The summed E-state index contributed by atoms with van der Waals surface area (Å²) in [6, 6.07) is 19.1. The van der Waals surface area contributed by atoms with Crippen LogP contribution in [-0.4, -0.2) is 24.1 Å². The number of halogens is 1. The Kier molecular flexibility index (Phi) is 6.53. The van der Waals surface area contributed by atoms with E-state index in [1.807, 2.05) is 38.1 Å². The van der Waals surface area contributed by atoms with Crippen LogP contribution in [0.4, 0.5) is 0 Å². The molecule has 0 aliphatic carbocycles. The molecule has 3 aromatic carbocycles. The van der Waals surface area contributed by atoms with Crippen LogP contribution in [0.15, 0.2) is 66.7 Å². The van der Waals surface area contributed by atoms with Crippen LogP contribution in [0, 0.1) is 0 Å². The van der Waals surface area contributed by atoms with Crippen LogP contribution in [0.5, 0.6) is 11.5 Å². The fourth-order valence-corrected chi connectivity index (χ4v) is 4.22. The number of ether oxygens (including phenoxy) is 2. The van der Waals surface area contributed by atoms with E-state index in [4.69, 9.17) is 21.1 Å². The molecule has 176 valence electrons. The van der Waals surface area contributed by atoms with E-state index < -0.39 is 11.4 Å². The van der Waals surface area contributed by atoms with Gasteiger partial charge in [0.2, 0.25) is 5.91 Å². The predicted molar refractivity (Wildman–Crippen MR) is 130 cm³/mol. The standard InChI is InChI=1S/C27H26ClNO5/c1-27(2,18-8-10-19(28)11-9-18)26(32)29-22-15-23(16-4-6-17(7-5-16)25(30)31)34-24-14-20(33-3)12-13-21(22)24/h4-14,22-23H,15H2,1-3H3,(H,29,32)(H,30,31)/t22-,23-/m1/s1. The number of benzene rings is 3. The summed E-state index contributed by atoms with van der Waals surface area (Å²) >= 11 is 6.02. The zero-order chi connectivity index (χ0) is 24.5. The summed E-state index contributed by atoms with van der Waals surface area (Å²) in [5.41, 5.74) is 1.97. The quantitative estimate of drug-likeness (QED) is 0.473. The van der Waals surface area contributed by atoms with E-state index in [0.717, 1.165) is 16.7 Å². The number of carbonyl (C=O) groups is 2. The summed E-state index contributed by atoms with van der Waals surface area (Å²) in [7, 11) is 1.58. The highest BCUT2D eigenvalue weighted by Gasteiger charge is 2.36. The molecule has 0 saturated carbocycles. The van der Waals surface area contributed by atoms with Gasteiger partial charge >= 0.3 is 5.97 Å². The van der Waals surface area contributed by atoms with Crippen molar-refractivity contribution >= 4 is 23.5 Å². The molecule has 2 N–H and O–H groups in total. The highest BCUT2D eigenvalue weighted by molar-refractivity contribution is 6.30. The molecule has 0 radical (unpaired) electrons. The predicted octanol–water partition coefficient (Wildman–Crippen LogP) is 5.71. The van der Waals surface area contributed by atoms with E-state index in [1.165, 1.54) is 0 Å². The molecule has 0 fully saturated rings. The largest absolute Gasteiger partial charge is 0.497 e. The third-order valence-electron chi connectivity index (χ3n) is 6.28. The Labute approximate surface area is 203 Å². The van der Waals surface area contributed by atoms with Gasteiger partial charge in [0.1, 0.15) is 17.6 Å². The minimum absolute atomic E-state index is 0.122. The number of carboxylic acid groups (broad SMARTS) is 1. The third-order valence-corrected chi connectivity index (χ3v) is 6.54. The second kappa shape index (κ2) is 9.39. The second-order valence-corrected chi connectivity index (χ2v) is 9.27. The number of fused-ring (bicyclic) bond motifs is 1. The molecule has 0 bridgehead atoms. The average molecular weight is 480 g/mol. The molecule has 3 aromatic rings. The Morgan fingerprint density at radius 2 is 1.74 bits per heavy atom. The first-order valence-corrected chi connectivity index (χ1v) is 11.3. The number of amides is 1. The number of nitrogens with one attached hydrogen (secondary N) is 1. The fraction of sp³-hybridized carbons (Fsp3) is 0.259. The van der Waals surface area contributed by atoms with Crippen LogP contribution in [0.2, 0.25) is 5.02 Å². The number of aromatic carboxylic acids is 1. The summed E-state index contributed by atoms with van der Waals surface area (Å²) in [5, 5.41) is 13.0. The number of rotatable bonds is 6. The van der Waals surface area contributed by atoms with Crippen molar-refractivity contribution in [1.82, 2.24) is 5.32 Å². The van der Waals surface area contributed by atoms with Crippen LogP contribution in [0.1, 0.15) is 59.5 Å². The van der Waals surface area contributed by atoms with E-state index >= 15 is 0 Å². The zero-order valence-corrected chi connectivity index (χ0v) is 19.9. The molecule has 1 amide bonds. The van der Waals surface area contributed by atoms with E-state index in [1.54, 1.807) is 49.6 Å². The van der Waals surface area contributed by atoms with Gasteiger partial charge < -0.3 is 19.9 Å². The molecule has 0 saturated heterocycles. The summed E-state index contributed by atoms with van der Waals surface area (Å²) in [5.74, 6) is 0.156. The maximum Gasteiger partial charge on any atom is 0.335 e. The van der Waals surface area contributed by atoms with Gasteiger partial charge in [-0.1, -0.05) is 35.9 Å². The van der Waals surface area contributed by atoms with Gasteiger partial charge in [-0.15, -0.1) is 0 Å². The van der Waals surface area contributed by atoms with Crippen LogP contribution >= 0.6 is 11.6 Å². The molecule has 0 spiro atoms. The first kappa shape index (κ1) is 23.6. The maximum absolute atomic E-state index is 13.4. The first-order chi connectivity index (χ1) is 16.2. The van der Waals surface area contributed by atoms with Crippen molar-refractivity contribution < 1.29 is 24.2 Å². The molecule has 7 heteroatoms. The molecule has 2 atom stereocenters. The van der Waals surface area contributed by atoms with Crippen LogP contribution < -0.4 is 14.8 Å². The molecule has 1 heterocycles. The fourth-order valence-electron chi connectivity index (χ4n) is 4.09.